The van der Waals surface area contributed by atoms with Gasteiger partial charge in [-0.1, -0.05) is 15.9 Å². The van der Waals surface area contributed by atoms with Crippen LogP contribution in [-0.2, 0) is 0 Å². The van der Waals surface area contributed by atoms with E-state index in [2.05, 4.69) is 26.6 Å². The van der Waals surface area contributed by atoms with Crippen LogP contribution >= 0.6 is 28.3 Å². The standard InChI is InChI=1S/C13H17BrN2O.ClH/c1-9-6-10(8-11(14)7-9)13(17)16-12-2-4-15-5-3-12;/h6-8,12,15H,2-5H2,1H3,(H,16,17);1H. The number of piperidine rings is 1. The number of hydrogen-bond donors (Lipinski definition) is 2. The summed E-state index contributed by atoms with van der Waals surface area (Å²) in [5.74, 6) is 0.0290. The van der Waals surface area contributed by atoms with Crippen molar-refractivity contribution in [3.05, 3.63) is 33.8 Å². The molecular formula is C13H18BrClN2O. The van der Waals surface area contributed by atoms with Crippen molar-refractivity contribution in [2.45, 2.75) is 25.8 Å². The van der Waals surface area contributed by atoms with Gasteiger partial charge < -0.3 is 10.6 Å². The van der Waals surface area contributed by atoms with Gasteiger partial charge in [0.2, 0.25) is 0 Å². The van der Waals surface area contributed by atoms with Gasteiger partial charge in [-0.3, -0.25) is 4.79 Å². The summed E-state index contributed by atoms with van der Waals surface area (Å²) in [4.78, 5) is 12.1. The number of carbonyl (C=O) groups excluding carboxylic acids is 1. The Balaban J connectivity index is 0.00000162. The van der Waals surface area contributed by atoms with Crippen LogP contribution in [0.1, 0.15) is 28.8 Å². The average molecular weight is 334 g/mol. The van der Waals surface area contributed by atoms with E-state index in [-0.39, 0.29) is 18.3 Å². The van der Waals surface area contributed by atoms with E-state index < -0.39 is 0 Å². The fourth-order valence-corrected chi connectivity index (χ4v) is 2.71. The Hall–Kier alpha value is -0.580. The number of benzene rings is 1. The Labute approximate surface area is 122 Å². The van der Waals surface area contributed by atoms with Gasteiger partial charge in [-0.2, -0.15) is 0 Å². The summed E-state index contributed by atoms with van der Waals surface area (Å²) in [7, 11) is 0. The van der Waals surface area contributed by atoms with E-state index in [1.807, 2.05) is 25.1 Å². The van der Waals surface area contributed by atoms with E-state index in [9.17, 15) is 4.79 Å². The third kappa shape index (κ3) is 4.26. The highest BCUT2D eigenvalue weighted by molar-refractivity contribution is 9.10. The summed E-state index contributed by atoms with van der Waals surface area (Å²) in [5.41, 5.74) is 1.82. The molecule has 1 aliphatic heterocycles. The number of halogens is 2. The zero-order chi connectivity index (χ0) is 12.3. The topological polar surface area (TPSA) is 41.1 Å². The second-order valence-corrected chi connectivity index (χ2v) is 5.43. The normalized spacial score (nSPS) is 15.9. The summed E-state index contributed by atoms with van der Waals surface area (Å²) >= 11 is 3.42. The third-order valence-corrected chi connectivity index (χ3v) is 3.44. The second kappa shape index (κ2) is 7.12. The van der Waals surface area contributed by atoms with Crippen LogP contribution in [0.5, 0.6) is 0 Å². The SMILES string of the molecule is Cc1cc(Br)cc(C(=O)NC2CCNCC2)c1.Cl. The van der Waals surface area contributed by atoms with Crippen molar-refractivity contribution in [3.8, 4) is 0 Å². The van der Waals surface area contributed by atoms with Crippen molar-refractivity contribution in [1.29, 1.82) is 0 Å². The van der Waals surface area contributed by atoms with E-state index in [1.54, 1.807) is 0 Å². The molecule has 0 aromatic heterocycles. The molecule has 100 valence electrons. The predicted molar refractivity (Wildman–Crippen MR) is 79.5 cm³/mol. The van der Waals surface area contributed by atoms with Crippen LogP contribution in [-0.4, -0.2) is 25.0 Å². The number of aryl methyl sites for hydroxylation is 1. The summed E-state index contributed by atoms with van der Waals surface area (Å²) in [6, 6.07) is 6.09. The maximum atomic E-state index is 12.1. The molecule has 0 radical (unpaired) electrons. The van der Waals surface area contributed by atoms with Gasteiger partial charge in [-0.15, -0.1) is 12.4 Å². The van der Waals surface area contributed by atoms with Crippen LogP contribution in [0, 0.1) is 6.92 Å². The van der Waals surface area contributed by atoms with Crippen molar-refractivity contribution >= 4 is 34.2 Å². The summed E-state index contributed by atoms with van der Waals surface area (Å²) in [6.07, 6.45) is 2.03. The van der Waals surface area contributed by atoms with Crippen LogP contribution in [0.2, 0.25) is 0 Å². The van der Waals surface area contributed by atoms with Crippen molar-refractivity contribution in [3.63, 3.8) is 0 Å². The first kappa shape index (κ1) is 15.5. The maximum Gasteiger partial charge on any atom is 0.251 e. The average Bonchev–Trinajstić information content (AvgIpc) is 2.29. The van der Waals surface area contributed by atoms with Gasteiger partial charge in [0.15, 0.2) is 0 Å². The lowest BCUT2D eigenvalue weighted by molar-refractivity contribution is 0.0929. The molecule has 0 bridgehead atoms. The number of amides is 1. The molecule has 5 heteroatoms. The quantitative estimate of drug-likeness (QED) is 0.873. The molecule has 1 aliphatic rings. The molecule has 0 saturated carbocycles. The first-order valence-corrected chi connectivity index (χ1v) is 6.73. The smallest absolute Gasteiger partial charge is 0.251 e. The second-order valence-electron chi connectivity index (χ2n) is 4.51. The minimum absolute atomic E-state index is 0. The van der Waals surface area contributed by atoms with Gasteiger partial charge >= 0.3 is 0 Å². The highest BCUT2D eigenvalue weighted by atomic mass is 79.9. The molecule has 0 spiro atoms. The molecule has 0 aliphatic carbocycles. The Morgan fingerprint density at radius 3 is 2.61 bits per heavy atom. The first-order chi connectivity index (χ1) is 8.15. The zero-order valence-corrected chi connectivity index (χ0v) is 12.7. The molecule has 1 amide bonds. The minimum atomic E-state index is 0. The van der Waals surface area contributed by atoms with Crippen LogP contribution in [0.4, 0.5) is 0 Å². The minimum Gasteiger partial charge on any atom is -0.349 e. The molecule has 0 atom stereocenters. The van der Waals surface area contributed by atoms with E-state index in [4.69, 9.17) is 0 Å². The number of nitrogens with one attached hydrogen (secondary N) is 2. The molecule has 18 heavy (non-hydrogen) atoms. The molecule has 2 rings (SSSR count). The maximum absolute atomic E-state index is 12.1. The largest absolute Gasteiger partial charge is 0.349 e. The zero-order valence-electron chi connectivity index (χ0n) is 10.3. The van der Waals surface area contributed by atoms with Gasteiger partial charge in [0.05, 0.1) is 0 Å². The van der Waals surface area contributed by atoms with Gasteiger partial charge in [-0.25, -0.2) is 0 Å². The van der Waals surface area contributed by atoms with Crippen LogP contribution in [0.15, 0.2) is 22.7 Å². The summed E-state index contributed by atoms with van der Waals surface area (Å²) in [6.45, 7) is 3.97. The lowest BCUT2D eigenvalue weighted by Crippen LogP contribution is -2.42. The van der Waals surface area contributed by atoms with Gasteiger partial charge in [0.25, 0.3) is 5.91 Å². The Bertz CT molecular complexity index is 399. The number of carbonyl (C=O) groups is 1. The van der Waals surface area contributed by atoms with Crippen molar-refractivity contribution in [2.24, 2.45) is 0 Å². The van der Waals surface area contributed by atoms with Crippen molar-refractivity contribution in [2.75, 3.05) is 13.1 Å². The van der Waals surface area contributed by atoms with Crippen LogP contribution in [0.3, 0.4) is 0 Å². The lowest BCUT2D eigenvalue weighted by atomic mass is 10.1. The molecule has 1 saturated heterocycles. The Kier molecular flexibility index (Phi) is 6.12. The fourth-order valence-electron chi connectivity index (χ4n) is 2.10. The van der Waals surface area contributed by atoms with Crippen molar-refractivity contribution in [1.82, 2.24) is 10.6 Å². The van der Waals surface area contributed by atoms with Gasteiger partial charge in [0, 0.05) is 16.1 Å². The van der Waals surface area contributed by atoms with E-state index >= 15 is 0 Å². The monoisotopic (exact) mass is 332 g/mol. The number of hydrogen-bond acceptors (Lipinski definition) is 2. The van der Waals surface area contributed by atoms with E-state index in [1.165, 1.54) is 0 Å². The lowest BCUT2D eigenvalue weighted by Gasteiger charge is -2.23. The molecule has 0 unspecified atom stereocenters. The summed E-state index contributed by atoms with van der Waals surface area (Å²) in [5, 5.41) is 6.38. The number of rotatable bonds is 2. The van der Waals surface area contributed by atoms with E-state index in [0.29, 0.717) is 6.04 Å². The molecule has 1 aromatic rings. The molecule has 1 aromatic carbocycles. The van der Waals surface area contributed by atoms with Gasteiger partial charge in [0.1, 0.15) is 0 Å². The third-order valence-electron chi connectivity index (χ3n) is 2.98. The Morgan fingerprint density at radius 1 is 1.33 bits per heavy atom. The van der Waals surface area contributed by atoms with E-state index in [0.717, 1.165) is 41.5 Å². The fraction of sp³-hybridized carbons (Fsp3) is 0.462. The van der Waals surface area contributed by atoms with Crippen molar-refractivity contribution < 1.29 is 4.79 Å². The van der Waals surface area contributed by atoms with Gasteiger partial charge in [-0.05, 0) is 56.6 Å². The predicted octanol–water partition coefficient (Wildman–Crippen LogP) is 2.66. The molecule has 2 N–H and O–H groups in total. The molecule has 1 fully saturated rings. The van der Waals surface area contributed by atoms with Crippen LogP contribution in [0.25, 0.3) is 0 Å². The highest BCUT2D eigenvalue weighted by Crippen LogP contribution is 2.15. The Morgan fingerprint density at radius 2 is 2.00 bits per heavy atom. The molecule has 1 heterocycles. The highest BCUT2D eigenvalue weighted by Gasteiger charge is 2.16. The van der Waals surface area contributed by atoms with Crippen LogP contribution < -0.4 is 10.6 Å². The molecule has 3 nitrogen and oxygen atoms in total. The first-order valence-electron chi connectivity index (χ1n) is 5.94. The molecular weight excluding hydrogens is 316 g/mol. The summed E-state index contributed by atoms with van der Waals surface area (Å²) < 4.78 is 0.952.